The van der Waals surface area contributed by atoms with E-state index in [1.165, 1.54) is 4.68 Å². The van der Waals surface area contributed by atoms with E-state index in [4.69, 9.17) is 0 Å². The molecule has 2 atom stereocenters. The molecule has 1 aliphatic carbocycles. The van der Waals surface area contributed by atoms with Gasteiger partial charge in [0, 0.05) is 26.3 Å². The molecule has 0 bridgehead atoms. The van der Waals surface area contributed by atoms with Crippen LogP contribution in [0.25, 0.3) is 0 Å². The lowest BCUT2D eigenvalue weighted by Crippen LogP contribution is -2.37. The van der Waals surface area contributed by atoms with Crippen LogP contribution in [0.4, 0.5) is 0 Å². The molecule has 3 rings (SSSR count). The average molecular weight is 263 g/mol. The highest BCUT2D eigenvalue weighted by Crippen LogP contribution is 2.49. The number of carboxylic acid groups (broad SMARTS) is 1. The molecule has 0 radical (unpaired) electrons. The van der Waals surface area contributed by atoms with Gasteiger partial charge < -0.3 is 10.0 Å². The zero-order valence-electron chi connectivity index (χ0n) is 10.9. The Bertz CT molecular complexity index is 539. The summed E-state index contributed by atoms with van der Waals surface area (Å²) in [5, 5.41) is 13.5. The van der Waals surface area contributed by atoms with Crippen LogP contribution < -0.4 is 0 Å². The molecule has 0 spiro atoms. The zero-order chi connectivity index (χ0) is 13.6. The van der Waals surface area contributed by atoms with Gasteiger partial charge in [0.25, 0.3) is 5.91 Å². The summed E-state index contributed by atoms with van der Waals surface area (Å²) in [6, 6.07) is 1.67. The van der Waals surface area contributed by atoms with Gasteiger partial charge in [-0.25, -0.2) is 0 Å². The van der Waals surface area contributed by atoms with E-state index < -0.39 is 11.4 Å². The Labute approximate surface area is 111 Å². The lowest BCUT2D eigenvalue weighted by atomic mass is 9.81. The van der Waals surface area contributed by atoms with Crippen LogP contribution in [0.3, 0.4) is 0 Å². The summed E-state index contributed by atoms with van der Waals surface area (Å²) in [5.74, 6) is -0.771. The first-order valence-corrected chi connectivity index (χ1v) is 6.55. The van der Waals surface area contributed by atoms with Crippen LogP contribution in [0.15, 0.2) is 12.3 Å². The van der Waals surface area contributed by atoms with Gasteiger partial charge in [-0.05, 0) is 24.8 Å². The molecule has 6 nitrogen and oxygen atoms in total. The fourth-order valence-corrected chi connectivity index (χ4v) is 3.54. The minimum Gasteiger partial charge on any atom is -0.481 e. The van der Waals surface area contributed by atoms with Crippen molar-refractivity contribution < 1.29 is 14.7 Å². The van der Waals surface area contributed by atoms with Crippen molar-refractivity contribution >= 4 is 11.9 Å². The van der Waals surface area contributed by atoms with E-state index in [1.54, 1.807) is 24.2 Å². The third-order valence-corrected chi connectivity index (χ3v) is 4.62. The van der Waals surface area contributed by atoms with Crippen molar-refractivity contribution in [2.24, 2.45) is 18.4 Å². The molecule has 0 aromatic carbocycles. The number of nitrogens with zero attached hydrogens (tertiary/aromatic N) is 3. The SMILES string of the molecule is Cn1nccc1C(=O)N1C[C@@H]2CCC[C@@]2(C(=O)O)C1. The van der Waals surface area contributed by atoms with Crippen molar-refractivity contribution in [2.75, 3.05) is 13.1 Å². The van der Waals surface area contributed by atoms with Gasteiger partial charge in [-0.1, -0.05) is 6.42 Å². The van der Waals surface area contributed by atoms with E-state index in [2.05, 4.69) is 5.10 Å². The molecule has 1 saturated carbocycles. The van der Waals surface area contributed by atoms with E-state index in [-0.39, 0.29) is 11.8 Å². The maximum atomic E-state index is 12.4. The number of carboxylic acids is 1. The second-order valence-electron chi connectivity index (χ2n) is 5.58. The number of hydrogen-bond donors (Lipinski definition) is 1. The number of aromatic nitrogens is 2. The highest BCUT2D eigenvalue weighted by Gasteiger charge is 2.55. The van der Waals surface area contributed by atoms with Crippen molar-refractivity contribution in [3.63, 3.8) is 0 Å². The van der Waals surface area contributed by atoms with E-state index in [0.29, 0.717) is 25.2 Å². The molecule has 1 saturated heterocycles. The van der Waals surface area contributed by atoms with Crippen LogP contribution in [0.2, 0.25) is 0 Å². The maximum Gasteiger partial charge on any atom is 0.311 e. The Hall–Kier alpha value is -1.85. The second-order valence-corrected chi connectivity index (χ2v) is 5.58. The van der Waals surface area contributed by atoms with Gasteiger partial charge in [0.05, 0.1) is 5.41 Å². The zero-order valence-corrected chi connectivity index (χ0v) is 10.9. The molecule has 102 valence electrons. The number of carbonyl (C=O) groups is 2. The van der Waals surface area contributed by atoms with Gasteiger partial charge >= 0.3 is 5.97 Å². The number of carbonyl (C=O) groups excluding carboxylic acids is 1. The summed E-state index contributed by atoms with van der Waals surface area (Å²) in [6.45, 7) is 0.882. The van der Waals surface area contributed by atoms with Crippen molar-refractivity contribution in [3.8, 4) is 0 Å². The first-order valence-electron chi connectivity index (χ1n) is 6.55. The summed E-state index contributed by atoms with van der Waals surface area (Å²) < 4.78 is 1.53. The standard InChI is InChI=1S/C13H17N3O3/c1-15-10(4-6-14-15)11(17)16-7-9-3-2-5-13(9,8-16)12(18)19/h4,6,9H,2-3,5,7-8H2,1H3,(H,18,19)/t9-,13+/m0/s1. The Morgan fingerprint density at radius 2 is 2.32 bits per heavy atom. The summed E-state index contributed by atoms with van der Waals surface area (Å²) >= 11 is 0. The van der Waals surface area contributed by atoms with Gasteiger partial charge in [0.15, 0.2) is 0 Å². The number of hydrogen-bond acceptors (Lipinski definition) is 3. The van der Waals surface area contributed by atoms with E-state index in [1.807, 2.05) is 0 Å². The number of likely N-dealkylation sites (tertiary alicyclic amines) is 1. The quantitative estimate of drug-likeness (QED) is 0.854. The molecule has 0 unspecified atom stereocenters. The first-order chi connectivity index (χ1) is 9.04. The highest BCUT2D eigenvalue weighted by atomic mass is 16.4. The second kappa shape index (κ2) is 4.08. The van der Waals surface area contributed by atoms with Crippen molar-refractivity contribution in [3.05, 3.63) is 18.0 Å². The van der Waals surface area contributed by atoms with Gasteiger partial charge in [-0.3, -0.25) is 14.3 Å². The number of amides is 1. The largest absolute Gasteiger partial charge is 0.481 e. The summed E-state index contributed by atoms with van der Waals surface area (Å²) in [4.78, 5) is 25.6. The molecular formula is C13H17N3O3. The topological polar surface area (TPSA) is 75.4 Å². The lowest BCUT2D eigenvalue weighted by Gasteiger charge is -2.23. The number of aryl methyl sites for hydroxylation is 1. The minimum atomic E-state index is -0.754. The van der Waals surface area contributed by atoms with Gasteiger partial charge in [-0.2, -0.15) is 5.10 Å². The van der Waals surface area contributed by atoms with E-state index in [9.17, 15) is 14.7 Å². The third kappa shape index (κ3) is 1.66. The van der Waals surface area contributed by atoms with Gasteiger partial charge in [0.2, 0.25) is 0 Å². The van der Waals surface area contributed by atoms with Crippen molar-refractivity contribution in [1.82, 2.24) is 14.7 Å². The fraction of sp³-hybridized carbons (Fsp3) is 0.615. The van der Waals surface area contributed by atoms with Gasteiger partial charge in [0.1, 0.15) is 5.69 Å². The normalized spacial score (nSPS) is 29.5. The Kier molecular flexibility index (Phi) is 2.62. The first kappa shape index (κ1) is 12.2. The molecule has 2 fully saturated rings. The molecule has 6 heteroatoms. The molecular weight excluding hydrogens is 246 g/mol. The van der Waals surface area contributed by atoms with E-state index in [0.717, 1.165) is 12.8 Å². The molecule has 19 heavy (non-hydrogen) atoms. The molecule has 1 N–H and O–H groups in total. The number of rotatable bonds is 2. The van der Waals surface area contributed by atoms with Crippen molar-refractivity contribution in [1.29, 1.82) is 0 Å². The summed E-state index contributed by atoms with van der Waals surface area (Å²) in [6.07, 6.45) is 4.12. The highest BCUT2D eigenvalue weighted by molar-refractivity contribution is 5.93. The van der Waals surface area contributed by atoms with Crippen LogP contribution in [-0.2, 0) is 11.8 Å². The average Bonchev–Trinajstić information content (AvgIpc) is 3.00. The molecule has 1 aliphatic heterocycles. The lowest BCUT2D eigenvalue weighted by molar-refractivity contribution is -0.149. The summed E-state index contributed by atoms with van der Waals surface area (Å²) in [7, 11) is 1.72. The van der Waals surface area contributed by atoms with Crippen LogP contribution in [0.5, 0.6) is 0 Å². The Morgan fingerprint density at radius 1 is 1.53 bits per heavy atom. The van der Waals surface area contributed by atoms with Crippen LogP contribution in [0.1, 0.15) is 29.8 Å². The third-order valence-electron chi connectivity index (χ3n) is 4.62. The summed E-state index contributed by atoms with van der Waals surface area (Å²) in [5.41, 5.74) is -0.200. The van der Waals surface area contributed by atoms with Crippen LogP contribution >= 0.6 is 0 Å². The molecule has 2 aliphatic rings. The number of fused-ring (bicyclic) bond motifs is 1. The minimum absolute atomic E-state index is 0.0992. The van der Waals surface area contributed by atoms with Crippen LogP contribution in [-0.4, -0.2) is 44.8 Å². The van der Waals surface area contributed by atoms with Crippen molar-refractivity contribution in [2.45, 2.75) is 19.3 Å². The predicted octanol–water partition coefficient (Wildman–Crippen LogP) is 0.747. The predicted molar refractivity (Wildman–Crippen MR) is 66.5 cm³/mol. The Morgan fingerprint density at radius 3 is 2.89 bits per heavy atom. The van der Waals surface area contributed by atoms with Gasteiger partial charge in [-0.15, -0.1) is 0 Å². The molecule has 1 amide bonds. The monoisotopic (exact) mass is 263 g/mol. The van der Waals surface area contributed by atoms with Crippen LogP contribution in [0, 0.1) is 11.3 Å². The molecule has 2 heterocycles. The van der Waals surface area contributed by atoms with E-state index >= 15 is 0 Å². The number of aliphatic carboxylic acids is 1. The molecule has 1 aromatic heterocycles. The maximum absolute atomic E-state index is 12.4. The molecule has 1 aromatic rings. The Balaban J connectivity index is 1.85. The smallest absolute Gasteiger partial charge is 0.311 e. The fourth-order valence-electron chi connectivity index (χ4n) is 3.54.